The SMILES string of the molecule is CC(=O)c1c(C)[nH]c(C(=O)[C@@H](C)OC(=O)c2ccc(-n3cncn3)cc2)c1C. The summed E-state index contributed by atoms with van der Waals surface area (Å²) in [6, 6.07) is 6.59. The number of rotatable bonds is 6. The van der Waals surface area contributed by atoms with Crippen molar-refractivity contribution in [2.75, 3.05) is 0 Å². The number of ether oxygens (including phenoxy) is 1. The fourth-order valence-electron chi connectivity index (χ4n) is 3.10. The predicted octanol–water partition coefficient (Wildman–Crippen LogP) is 2.84. The van der Waals surface area contributed by atoms with Crippen molar-refractivity contribution < 1.29 is 19.1 Å². The molecule has 0 saturated carbocycles. The molecule has 3 rings (SSSR count). The van der Waals surface area contributed by atoms with E-state index in [2.05, 4.69) is 15.1 Å². The van der Waals surface area contributed by atoms with Crippen LogP contribution in [0.15, 0.2) is 36.9 Å². The number of esters is 1. The molecule has 0 aliphatic carbocycles. The number of carbonyl (C=O) groups is 3. The maximum atomic E-state index is 12.7. The van der Waals surface area contributed by atoms with Crippen molar-refractivity contribution in [1.29, 1.82) is 0 Å². The molecule has 0 spiro atoms. The topological polar surface area (TPSA) is 107 Å². The van der Waals surface area contributed by atoms with Crippen molar-refractivity contribution in [2.24, 2.45) is 0 Å². The highest BCUT2D eigenvalue weighted by Gasteiger charge is 2.26. The largest absolute Gasteiger partial charge is 0.451 e. The Morgan fingerprint density at radius 1 is 1.14 bits per heavy atom. The smallest absolute Gasteiger partial charge is 0.338 e. The third-order valence-corrected chi connectivity index (χ3v) is 4.48. The van der Waals surface area contributed by atoms with Crippen LogP contribution in [0.3, 0.4) is 0 Å². The number of nitrogens with one attached hydrogen (secondary N) is 1. The first kappa shape index (κ1) is 19.2. The van der Waals surface area contributed by atoms with E-state index in [1.165, 1.54) is 20.2 Å². The molecule has 0 unspecified atom stereocenters. The van der Waals surface area contributed by atoms with Gasteiger partial charge in [-0.15, -0.1) is 0 Å². The van der Waals surface area contributed by atoms with E-state index in [-0.39, 0.29) is 17.3 Å². The van der Waals surface area contributed by atoms with Gasteiger partial charge in [-0.25, -0.2) is 14.5 Å². The average Bonchev–Trinajstić information content (AvgIpc) is 3.29. The third-order valence-electron chi connectivity index (χ3n) is 4.48. The van der Waals surface area contributed by atoms with Crippen molar-refractivity contribution >= 4 is 17.5 Å². The lowest BCUT2D eigenvalue weighted by atomic mass is 10.0. The second-order valence-electron chi connectivity index (χ2n) is 6.48. The predicted molar refractivity (Wildman–Crippen MR) is 101 cm³/mol. The van der Waals surface area contributed by atoms with Gasteiger partial charge in [-0.1, -0.05) is 0 Å². The van der Waals surface area contributed by atoms with Crippen LogP contribution in [0.4, 0.5) is 0 Å². The fourth-order valence-corrected chi connectivity index (χ4v) is 3.10. The number of nitrogens with zero attached hydrogens (tertiary/aromatic N) is 3. The summed E-state index contributed by atoms with van der Waals surface area (Å²) in [5.41, 5.74) is 3.01. The van der Waals surface area contributed by atoms with Gasteiger partial charge < -0.3 is 9.72 Å². The van der Waals surface area contributed by atoms with Crippen LogP contribution in [-0.4, -0.2) is 43.4 Å². The summed E-state index contributed by atoms with van der Waals surface area (Å²) in [5, 5.41) is 4.01. The Hall–Kier alpha value is -3.55. The minimum Gasteiger partial charge on any atom is -0.451 e. The Kier molecular flexibility index (Phi) is 5.21. The zero-order valence-corrected chi connectivity index (χ0v) is 16.0. The van der Waals surface area contributed by atoms with Crippen molar-refractivity contribution in [3.8, 4) is 5.69 Å². The van der Waals surface area contributed by atoms with E-state index in [1.54, 1.807) is 49.1 Å². The van der Waals surface area contributed by atoms with Gasteiger partial charge in [-0.3, -0.25) is 9.59 Å². The van der Waals surface area contributed by atoms with E-state index in [9.17, 15) is 14.4 Å². The fraction of sp³-hybridized carbons (Fsp3) is 0.250. The number of hydrogen-bond acceptors (Lipinski definition) is 6. The summed E-state index contributed by atoms with van der Waals surface area (Å²) < 4.78 is 6.88. The normalized spacial score (nSPS) is 11.9. The molecule has 1 N–H and O–H groups in total. The van der Waals surface area contributed by atoms with Gasteiger partial charge in [-0.05, 0) is 57.5 Å². The second kappa shape index (κ2) is 7.59. The zero-order valence-electron chi connectivity index (χ0n) is 16.0. The third kappa shape index (κ3) is 3.62. The van der Waals surface area contributed by atoms with Gasteiger partial charge in [-0.2, -0.15) is 5.10 Å². The van der Waals surface area contributed by atoms with Gasteiger partial charge >= 0.3 is 5.97 Å². The van der Waals surface area contributed by atoms with Crippen molar-refractivity contribution in [1.82, 2.24) is 19.7 Å². The average molecular weight is 380 g/mol. The molecule has 2 heterocycles. The first-order valence-electron chi connectivity index (χ1n) is 8.70. The first-order chi connectivity index (χ1) is 13.3. The molecule has 0 fully saturated rings. The quantitative estimate of drug-likeness (QED) is 0.520. The van der Waals surface area contributed by atoms with Gasteiger partial charge in [0.1, 0.15) is 12.7 Å². The molecule has 1 atom stereocenters. The first-order valence-corrected chi connectivity index (χ1v) is 8.70. The molecule has 2 aromatic heterocycles. The minimum absolute atomic E-state index is 0.123. The number of aryl methyl sites for hydroxylation is 1. The number of hydrogen-bond donors (Lipinski definition) is 1. The maximum absolute atomic E-state index is 12.7. The van der Waals surface area contributed by atoms with Crippen molar-refractivity contribution in [2.45, 2.75) is 33.8 Å². The molecule has 8 nitrogen and oxygen atoms in total. The Balaban J connectivity index is 1.73. The molecular weight excluding hydrogens is 360 g/mol. The monoisotopic (exact) mass is 380 g/mol. The van der Waals surface area contributed by atoms with Crippen molar-refractivity contribution in [3.05, 3.63) is 65.0 Å². The maximum Gasteiger partial charge on any atom is 0.338 e. The lowest BCUT2D eigenvalue weighted by Crippen LogP contribution is -2.25. The van der Waals surface area contributed by atoms with Gasteiger partial charge in [0, 0.05) is 11.3 Å². The van der Waals surface area contributed by atoms with Crippen LogP contribution in [0.5, 0.6) is 0 Å². The summed E-state index contributed by atoms with van der Waals surface area (Å²) in [5.74, 6) is -1.12. The lowest BCUT2D eigenvalue weighted by molar-refractivity contribution is 0.0317. The summed E-state index contributed by atoms with van der Waals surface area (Å²) in [4.78, 5) is 43.6. The Morgan fingerprint density at radius 3 is 2.36 bits per heavy atom. The van der Waals surface area contributed by atoms with E-state index in [4.69, 9.17) is 4.74 Å². The van der Waals surface area contributed by atoms with Crippen LogP contribution < -0.4 is 0 Å². The van der Waals surface area contributed by atoms with Crippen molar-refractivity contribution in [3.63, 3.8) is 0 Å². The second-order valence-corrected chi connectivity index (χ2v) is 6.48. The van der Waals surface area contributed by atoms with Gasteiger partial charge in [0.05, 0.1) is 16.9 Å². The Labute approximate surface area is 161 Å². The van der Waals surface area contributed by atoms with E-state index in [1.807, 2.05) is 0 Å². The number of ketones is 2. The molecule has 3 aromatic rings. The number of aromatic nitrogens is 4. The zero-order chi connectivity index (χ0) is 20.4. The van der Waals surface area contributed by atoms with Crippen LogP contribution in [0, 0.1) is 13.8 Å². The van der Waals surface area contributed by atoms with Crippen LogP contribution in [-0.2, 0) is 4.74 Å². The van der Waals surface area contributed by atoms with Crippen LogP contribution in [0.1, 0.15) is 56.3 Å². The molecule has 1 aromatic carbocycles. The standard InChI is InChI=1S/C20H20N4O4/c1-11-17(13(3)25)12(2)23-18(11)19(26)14(4)28-20(27)15-5-7-16(8-6-15)24-10-21-9-22-24/h5-10,14,23H,1-4H3/t14-/m1/s1. The molecule has 0 radical (unpaired) electrons. The Bertz CT molecular complexity index is 1030. The number of carbonyl (C=O) groups excluding carboxylic acids is 3. The van der Waals surface area contributed by atoms with E-state index in [0.717, 1.165) is 5.69 Å². The highest BCUT2D eigenvalue weighted by Crippen LogP contribution is 2.21. The summed E-state index contributed by atoms with van der Waals surface area (Å²) in [6.45, 7) is 6.38. The number of benzene rings is 1. The van der Waals surface area contributed by atoms with E-state index in [0.29, 0.717) is 22.4 Å². The van der Waals surface area contributed by atoms with Crippen LogP contribution >= 0.6 is 0 Å². The minimum atomic E-state index is -1.00. The summed E-state index contributed by atoms with van der Waals surface area (Å²) >= 11 is 0. The molecular formula is C20H20N4O4. The molecule has 0 aliphatic heterocycles. The molecule has 8 heteroatoms. The van der Waals surface area contributed by atoms with E-state index >= 15 is 0 Å². The van der Waals surface area contributed by atoms with Gasteiger partial charge in [0.2, 0.25) is 5.78 Å². The van der Waals surface area contributed by atoms with Gasteiger partial charge in [0.25, 0.3) is 0 Å². The molecule has 0 saturated heterocycles. The molecule has 0 aliphatic rings. The van der Waals surface area contributed by atoms with Crippen LogP contribution in [0.25, 0.3) is 5.69 Å². The molecule has 0 amide bonds. The highest BCUT2D eigenvalue weighted by atomic mass is 16.5. The lowest BCUT2D eigenvalue weighted by Gasteiger charge is -2.12. The number of aromatic amines is 1. The van der Waals surface area contributed by atoms with Crippen LogP contribution in [0.2, 0.25) is 0 Å². The van der Waals surface area contributed by atoms with Gasteiger partial charge in [0.15, 0.2) is 11.9 Å². The molecule has 28 heavy (non-hydrogen) atoms. The van der Waals surface area contributed by atoms with E-state index < -0.39 is 12.1 Å². The number of H-pyrrole nitrogens is 1. The summed E-state index contributed by atoms with van der Waals surface area (Å²) in [7, 11) is 0. The highest BCUT2D eigenvalue weighted by molar-refractivity contribution is 6.05. The Morgan fingerprint density at radius 2 is 1.82 bits per heavy atom. The summed E-state index contributed by atoms with van der Waals surface area (Å²) in [6.07, 6.45) is 1.96. The molecule has 0 bridgehead atoms. The molecule has 144 valence electrons. The number of Topliss-reactive ketones (excluding diaryl/α,β-unsaturated/α-hetero) is 2.